The predicted octanol–water partition coefficient (Wildman–Crippen LogP) is 3.63. The third-order valence-corrected chi connectivity index (χ3v) is 4.65. The van der Waals surface area contributed by atoms with Gasteiger partial charge < -0.3 is 20.1 Å². The van der Waals surface area contributed by atoms with Crippen LogP contribution in [0.15, 0.2) is 61.1 Å². The van der Waals surface area contributed by atoms with Crippen LogP contribution in [0.25, 0.3) is 16.6 Å². The van der Waals surface area contributed by atoms with E-state index in [0.29, 0.717) is 35.6 Å². The molecule has 4 heterocycles. The van der Waals surface area contributed by atoms with Gasteiger partial charge in [-0.2, -0.15) is 8.78 Å². The minimum Gasteiger partial charge on any atom is -0.478 e. The zero-order valence-electron chi connectivity index (χ0n) is 18.0. The van der Waals surface area contributed by atoms with Crippen molar-refractivity contribution in [2.45, 2.75) is 6.61 Å². The van der Waals surface area contributed by atoms with E-state index in [2.05, 4.69) is 35.8 Å². The van der Waals surface area contributed by atoms with Gasteiger partial charge in [-0.3, -0.25) is 5.32 Å². The number of hydrogen-bond acceptors (Lipinski definition) is 7. The molecule has 3 N–H and O–H groups in total. The van der Waals surface area contributed by atoms with Crippen LogP contribution in [-0.4, -0.2) is 52.4 Å². The number of alkyl halides is 2. The molecule has 0 aliphatic rings. The first kappa shape index (κ1) is 22.7. The van der Waals surface area contributed by atoms with Gasteiger partial charge in [-0.15, -0.1) is 5.10 Å². The summed E-state index contributed by atoms with van der Waals surface area (Å²) in [7, 11) is 1.32. The molecule has 0 saturated heterocycles. The van der Waals surface area contributed by atoms with Crippen LogP contribution < -0.4 is 25.4 Å². The van der Waals surface area contributed by atoms with Crippen molar-refractivity contribution in [2.75, 3.05) is 30.8 Å². The highest BCUT2D eigenvalue weighted by atomic mass is 19.3. The molecule has 0 aliphatic heterocycles. The number of amides is 2. The number of hydrogen-bond donors (Lipinski definition) is 3. The summed E-state index contributed by atoms with van der Waals surface area (Å²) in [6.45, 7) is -2.12. The molecule has 176 valence electrons. The van der Waals surface area contributed by atoms with E-state index < -0.39 is 12.6 Å². The number of nitrogens with one attached hydrogen (secondary N) is 3. The molecule has 34 heavy (non-hydrogen) atoms. The number of rotatable bonds is 9. The third-order valence-electron chi connectivity index (χ3n) is 4.65. The highest BCUT2D eigenvalue weighted by Gasteiger charge is 2.14. The number of carbonyl (C=O) groups excluding carboxylic acids is 1. The third kappa shape index (κ3) is 5.65. The standard InChI is InChI=1S/C22H21F2N7O3/c1-33-20-17(34-21(23)24)11-15(13-28-20)14-5-9-31-16(10-14)12-19(30-31)29-22(32)27-8-7-26-18-4-2-3-6-25-18/h2-6,9-13,21H,7-8H2,1H3,(H,25,26)(H2,27,29,30,32). The first-order valence-electron chi connectivity index (χ1n) is 10.2. The van der Waals surface area contributed by atoms with Crippen LogP contribution in [0.3, 0.4) is 0 Å². The molecule has 4 aromatic heterocycles. The fourth-order valence-electron chi connectivity index (χ4n) is 3.15. The molecular formula is C22H21F2N7O3. The van der Waals surface area contributed by atoms with E-state index in [1.807, 2.05) is 18.2 Å². The summed E-state index contributed by atoms with van der Waals surface area (Å²) in [5.41, 5.74) is 1.92. The van der Waals surface area contributed by atoms with E-state index in [-0.39, 0.29) is 11.6 Å². The molecule has 0 saturated carbocycles. The summed E-state index contributed by atoms with van der Waals surface area (Å²) in [5.74, 6) is 0.866. The maximum absolute atomic E-state index is 12.7. The van der Waals surface area contributed by atoms with Crippen molar-refractivity contribution in [1.82, 2.24) is 24.9 Å². The minimum absolute atomic E-state index is 0.0396. The van der Waals surface area contributed by atoms with Gasteiger partial charge in [0.1, 0.15) is 5.82 Å². The molecule has 0 fully saturated rings. The SMILES string of the molecule is COc1ncc(-c2ccn3nc(NC(=O)NCCNc4ccccn4)cc3c2)cc1OC(F)F. The molecule has 0 bridgehead atoms. The zero-order chi connectivity index (χ0) is 23.9. The van der Waals surface area contributed by atoms with Gasteiger partial charge in [0.05, 0.1) is 12.6 Å². The number of ether oxygens (including phenoxy) is 2. The number of carbonyl (C=O) groups is 1. The second-order valence-electron chi connectivity index (χ2n) is 6.95. The molecule has 0 unspecified atom stereocenters. The monoisotopic (exact) mass is 469 g/mol. The van der Waals surface area contributed by atoms with E-state index in [1.54, 1.807) is 35.1 Å². The van der Waals surface area contributed by atoms with E-state index in [4.69, 9.17) is 4.74 Å². The van der Waals surface area contributed by atoms with Gasteiger partial charge in [0.15, 0.2) is 11.6 Å². The fraction of sp³-hybridized carbons (Fsp3) is 0.182. The molecule has 4 aromatic rings. The van der Waals surface area contributed by atoms with Crippen LogP contribution in [0.1, 0.15) is 0 Å². The quantitative estimate of drug-likeness (QED) is 0.321. The van der Waals surface area contributed by atoms with Gasteiger partial charge in [-0.1, -0.05) is 6.07 Å². The van der Waals surface area contributed by atoms with Crippen molar-refractivity contribution >= 4 is 23.2 Å². The number of pyridine rings is 3. The molecule has 0 aliphatic carbocycles. The summed E-state index contributed by atoms with van der Waals surface area (Å²) in [5, 5.41) is 12.8. The lowest BCUT2D eigenvalue weighted by atomic mass is 10.1. The average Bonchev–Trinajstić information content (AvgIpc) is 3.23. The van der Waals surface area contributed by atoms with Gasteiger partial charge >= 0.3 is 12.6 Å². The van der Waals surface area contributed by atoms with Crippen LogP contribution in [0.2, 0.25) is 0 Å². The van der Waals surface area contributed by atoms with Gasteiger partial charge in [0.2, 0.25) is 0 Å². The van der Waals surface area contributed by atoms with E-state index in [0.717, 1.165) is 5.82 Å². The molecule has 0 aromatic carbocycles. The van der Waals surface area contributed by atoms with Crippen LogP contribution in [0.4, 0.5) is 25.2 Å². The largest absolute Gasteiger partial charge is 0.478 e. The first-order chi connectivity index (χ1) is 16.5. The summed E-state index contributed by atoms with van der Waals surface area (Å²) in [6, 6.07) is 11.7. The van der Waals surface area contributed by atoms with Crippen molar-refractivity contribution in [2.24, 2.45) is 0 Å². The number of aromatic nitrogens is 4. The number of halogens is 2. The lowest BCUT2D eigenvalue weighted by molar-refractivity contribution is -0.0515. The van der Waals surface area contributed by atoms with Crippen molar-refractivity contribution < 1.29 is 23.0 Å². The Kier molecular flexibility index (Phi) is 6.96. The highest BCUT2D eigenvalue weighted by Crippen LogP contribution is 2.31. The molecule has 0 radical (unpaired) electrons. The Morgan fingerprint density at radius 1 is 1.09 bits per heavy atom. The molecule has 0 spiro atoms. The number of fused-ring (bicyclic) bond motifs is 1. The Hall–Kier alpha value is -4.48. The lowest BCUT2D eigenvalue weighted by Gasteiger charge is -2.10. The van der Waals surface area contributed by atoms with E-state index >= 15 is 0 Å². The Morgan fingerprint density at radius 2 is 1.97 bits per heavy atom. The zero-order valence-corrected chi connectivity index (χ0v) is 18.0. The molecule has 0 atom stereocenters. The summed E-state index contributed by atoms with van der Waals surface area (Å²) >= 11 is 0. The second-order valence-corrected chi connectivity index (χ2v) is 6.95. The maximum Gasteiger partial charge on any atom is 0.387 e. The van der Waals surface area contributed by atoms with Gasteiger partial charge in [-0.05, 0) is 35.9 Å². The van der Waals surface area contributed by atoms with Gasteiger partial charge in [-0.25, -0.2) is 19.3 Å². The van der Waals surface area contributed by atoms with Crippen LogP contribution in [0, 0.1) is 0 Å². The number of nitrogens with zero attached hydrogens (tertiary/aromatic N) is 4. The highest BCUT2D eigenvalue weighted by molar-refractivity contribution is 5.89. The summed E-state index contributed by atoms with van der Waals surface area (Å²) in [4.78, 5) is 20.3. The van der Waals surface area contributed by atoms with Crippen molar-refractivity contribution in [1.29, 1.82) is 0 Å². The number of urea groups is 1. The molecule has 2 amide bonds. The molecule has 4 rings (SSSR count). The lowest BCUT2D eigenvalue weighted by Crippen LogP contribution is -2.32. The van der Waals surface area contributed by atoms with Crippen molar-refractivity contribution in [3.05, 3.63) is 61.1 Å². The van der Waals surface area contributed by atoms with Crippen molar-refractivity contribution in [3.63, 3.8) is 0 Å². The Bertz CT molecular complexity index is 1270. The summed E-state index contributed by atoms with van der Waals surface area (Å²) in [6.07, 6.45) is 4.85. The van der Waals surface area contributed by atoms with E-state index in [9.17, 15) is 13.6 Å². The molecular weight excluding hydrogens is 448 g/mol. The Labute approximate surface area is 192 Å². The summed E-state index contributed by atoms with van der Waals surface area (Å²) < 4.78 is 36.4. The smallest absolute Gasteiger partial charge is 0.387 e. The molecule has 12 heteroatoms. The van der Waals surface area contributed by atoms with Crippen LogP contribution in [-0.2, 0) is 0 Å². The van der Waals surface area contributed by atoms with Gasteiger partial charge in [0, 0.05) is 43.3 Å². The normalized spacial score (nSPS) is 10.8. The van der Waals surface area contributed by atoms with Crippen LogP contribution in [0.5, 0.6) is 11.6 Å². The topological polar surface area (TPSA) is 115 Å². The maximum atomic E-state index is 12.7. The van der Waals surface area contributed by atoms with Gasteiger partial charge in [0.25, 0.3) is 5.88 Å². The average molecular weight is 469 g/mol. The predicted molar refractivity (Wildman–Crippen MR) is 121 cm³/mol. The van der Waals surface area contributed by atoms with Crippen molar-refractivity contribution in [3.8, 4) is 22.8 Å². The minimum atomic E-state index is -3.01. The van der Waals surface area contributed by atoms with E-state index in [1.165, 1.54) is 19.4 Å². The first-order valence-corrected chi connectivity index (χ1v) is 10.2. The number of anilines is 2. The second kappa shape index (κ2) is 10.4. The van der Waals surface area contributed by atoms with Crippen LogP contribution >= 0.6 is 0 Å². The Balaban J connectivity index is 1.39. The fourth-order valence-corrected chi connectivity index (χ4v) is 3.15. The molecule has 10 nitrogen and oxygen atoms in total. The Morgan fingerprint density at radius 3 is 2.74 bits per heavy atom. The number of methoxy groups -OCH3 is 1.